The van der Waals surface area contributed by atoms with E-state index in [0.717, 1.165) is 5.56 Å². The molecule has 0 aliphatic carbocycles. The maximum atomic E-state index is 9.62. The first-order chi connectivity index (χ1) is 11.6. The molecule has 0 spiro atoms. The molecular formula is C19H24O5. The lowest BCUT2D eigenvalue weighted by Gasteiger charge is -2.34. The van der Waals surface area contributed by atoms with Crippen molar-refractivity contribution in [2.24, 2.45) is 0 Å². The highest BCUT2D eigenvalue weighted by atomic mass is 16.7. The SMILES string of the molecule is C[C@@H]1O[C@@H](O[C@@H]2C=C[C@H](OCc3ccccc3)O[C@H]2C)C=C[C@H]1O. The number of rotatable bonds is 5. The fourth-order valence-corrected chi connectivity index (χ4v) is 2.63. The second kappa shape index (κ2) is 8.05. The number of hydrogen-bond acceptors (Lipinski definition) is 5. The van der Waals surface area contributed by atoms with Gasteiger partial charge in [-0.2, -0.15) is 0 Å². The van der Waals surface area contributed by atoms with Crippen LogP contribution >= 0.6 is 0 Å². The first-order valence-corrected chi connectivity index (χ1v) is 8.28. The summed E-state index contributed by atoms with van der Waals surface area (Å²) in [6, 6.07) is 9.98. The van der Waals surface area contributed by atoms with Crippen molar-refractivity contribution in [1.29, 1.82) is 0 Å². The van der Waals surface area contributed by atoms with Crippen LogP contribution in [0.5, 0.6) is 0 Å². The third kappa shape index (κ3) is 4.53. The highest BCUT2D eigenvalue weighted by Gasteiger charge is 2.29. The zero-order valence-corrected chi connectivity index (χ0v) is 13.9. The quantitative estimate of drug-likeness (QED) is 0.840. The van der Waals surface area contributed by atoms with Gasteiger partial charge in [0.2, 0.25) is 0 Å². The summed E-state index contributed by atoms with van der Waals surface area (Å²) in [5.41, 5.74) is 1.11. The van der Waals surface area contributed by atoms with Crippen LogP contribution in [0.15, 0.2) is 54.6 Å². The van der Waals surface area contributed by atoms with Gasteiger partial charge in [0.1, 0.15) is 6.10 Å². The Morgan fingerprint density at radius 1 is 0.917 bits per heavy atom. The third-order valence-corrected chi connectivity index (χ3v) is 4.11. The lowest BCUT2D eigenvalue weighted by atomic mass is 10.1. The van der Waals surface area contributed by atoms with Crippen LogP contribution in [0.25, 0.3) is 0 Å². The van der Waals surface area contributed by atoms with Crippen LogP contribution in [0.4, 0.5) is 0 Å². The molecule has 0 fully saturated rings. The van der Waals surface area contributed by atoms with Crippen molar-refractivity contribution in [3.05, 3.63) is 60.2 Å². The molecular weight excluding hydrogens is 308 g/mol. The molecule has 0 amide bonds. The van der Waals surface area contributed by atoms with Crippen molar-refractivity contribution in [3.63, 3.8) is 0 Å². The van der Waals surface area contributed by atoms with E-state index in [0.29, 0.717) is 6.61 Å². The van der Waals surface area contributed by atoms with E-state index in [1.807, 2.05) is 56.3 Å². The molecule has 130 valence electrons. The molecule has 5 nitrogen and oxygen atoms in total. The van der Waals surface area contributed by atoms with Crippen LogP contribution in [0.2, 0.25) is 0 Å². The van der Waals surface area contributed by atoms with E-state index in [1.54, 1.807) is 12.2 Å². The van der Waals surface area contributed by atoms with Crippen LogP contribution in [-0.4, -0.2) is 42.1 Å². The predicted molar refractivity (Wildman–Crippen MR) is 89.1 cm³/mol. The lowest BCUT2D eigenvalue weighted by molar-refractivity contribution is -0.224. The largest absolute Gasteiger partial charge is 0.386 e. The topological polar surface area (TPSA) is 57.2 Å². The van der Waals surface area contributed by atoms with E-state index >= 15 is 0 Å². The van der Waals surface area contributed by atoms with Gasteiger partial charge in [-0.25, -0.2) is 0 Å². The van der Waals surface area contributed by atoms with Gasteiger partial charge in [-0.15, -0.1) is 0 Å². The molecule has 2 aliphatic rings. The molecule has 2 aliphatic heterocycles. The zero-order valence-electron chi connectivity index (χ0n) is 13.9. The summed E-state index contributed by atoms with van der Waals surface area (Å²) < 4.78 is 23.1. The summed E-state index contributed by atoms with van der Waals surface area (Å²) in [5, 5.41) is 9.62. The van der Waals surface area contributed by atoms with E-state index < -0.39 is 12.4 Å². The van der Waals surface area contributed by atoms with Crippen molar-refractivity contribution < 1.29 is 24.1 Å². The number of aliphatic hydroxyl groups excluding tert-OH is 1. The van der Waals surface area contributed by atoms with Crippen LogP contribution in [0.3, 0.4) is 0 Å². The van der Waals surface area contributed by atoms with E-state index in [4.69, 9.17) is 18.9 Å². The molecule has 1 aromatic carbocycles. The predicted octanol–water partition coefficient (Wildman–Crippen LogP) is 2.55. The molecule has 0 saturated carbocycles. The number of ether oxygens (including phenoxy) is 4. The summed E-state index contributed by atoms with van der Waals surface area (Å²) in [5.74, 6) is 0. The molecule has 0 saturated heterocycles. The minimum Gasteiger partial charge on any atom is -0.386 e. The van der Waals surface area contributed by atoms with E-state index in [-0.39, 0.29) is 24.6 Å². The number of benzene rings is 1. The van der Waals surface area contributed by atoms with Gasteiger partial charge in [-0.1, -0.05) is 42.5 Å². The normalized spacial score (nSPS) is 36.0. The highest BCUT2D eigenvalue weighted by Crippen LogP contribution is 2.22. The van der Waals surface area contributed by atoms with Gasteiger partial charge >= 0.3 is 0 Å². The summed E-state index contributed by atoms with van der Waals surface area (Å²) in [7, 11) is 0. The highest BCUT2D eigenvalue weighted by molar-refractivity contribution is 5.13. The van der Waals surface area contributed by atoms with Gasteiger partial charge in [0.25, 0.3) is 0 Å². The third-order valence-electron chi connectivity index (χ3n) is 4.11. The standard InChI is InChI=1S/C19H24O5/c1-13-16(20)8-10-19(22-13)24-17-9-11-18(23-14(17)2)21-12-15-6-4-3-5-7-15/h3-11,13-14,16-20H,12H2,1-2H3/t13-,14-,16+,17+,18+,19-/m0/s1. The Balaban J connectivity index is 1.50. The van der Waals surface area contributed by atoms with Crippen LogP contribution < -0.4 is 0 Å². The van der Waals surface area contributed by atoms with Crippen molar-refractivity contribution in [3.8, 4) is 0 Å². The average Bonchev–Trinajstić information content (AvgIpc) is 2.59. The lowest BCUT2D eigenvalue weighted by Crippen LogP contribution is -2.41. The Hall–Kier alpha value is -1.50. The van der Waals surface area contributed by atoms with Crippen LogP contribution in [0.1, 0.15) is 19.4 Å². The zero-order chi connectivity index (χ0) is 16.9. The molecule has 6 atom stereocenters. The Morgan fingerprint density at radius 2 is 1.62 bits per heavy atom. The van der Waals surface area contributed by atoms with Gasteiger partial charge in [0.05, 0.1) is 24.9 Å². The van der Waals surface area contributed by atoms with Gasteiger partial charge in [-0.05, 0) is 31.6 Å². The van der Waals surface area contributed by atoms with Crippen molar-refractivity contribution in [1.82, 2.24) is 0 Å². The summed E-state index contributed by atoms with van der Waals surface area (Å²) >= 11 is 0. The van der Waals surface area contributed by atoms with Crippen molar-refractivity contribution >= 4 is 0 Å². The monoisotopic (exact) mass is 332 g/mol. The fourth-order valence-electron chi connectivity index (χ4n) is 2.63. The number of aliphatic hydroxyl groups is 1. The van der Waals surface area contributed by atoms with Gasteiger partial charge in [0.15, 0.2) is 12.6 Å². The maximum absolute atomic E-state index is 9.62. The first-order valence-electron chi connectivity index (χ1n) is 8.28. The maximum Gasteiger partial charge on any atom is 0.178 e. The average molecular weight is 332 g/mol. The Bertz CT molecular complexity index is 570. The van der Waals surface area contributed by atoms with Crippen molar-refractivity contribution in [2.75, 3.05) is 0 Å². The minimum absolute atomic E-state index is 0.157. The van der Waals surface area contributed by atoms with E-state index in [9.17, 15) is 5.11 Å². The van der Waals surface area contributed by atoms with Gasteiger partial charge < -0.3 is 24.1 Å². The van der Waals surface area contributed by atoms with Crippen molar-refractivity contribution in [2.45, 2.75) is 57.5 Å². The van der Waals surface area contributed by atoms with E-state index in [2.05, 4.69) is 0 Å². The fraction of sp³-hybridized carbons (Fsp3) is 0.474. The number of hydrogen-bond donors (Lipinski definition) is 1. The van der Waals surface area contributed by atoms with E-state index in [1.165, 1.54) is 0 Å². The smallest absolute Gasteiger partial charge is 0.178 e. The molecule has 1 N–H and O–H groups in total. The van der Waals surface area contributed by atoms with Gasteiger partial charge in [-0.3, -0.25) is 0 Å². The summed E-state index contributed by atoms with van der Waals surface area (Å²) in [4.78, 5) is 0. The molecule has 2 heterocycles. The summed E-state index contributed by atoms with van der Waals surface area (Å²) in [6.45, 7) is 4.25. The molecule has 3 rings (SSSR count). The second-order valence-electron chi connectivity index (χ2n) is 6.08. The molecule has 0 bridgehead atoms. The Morgan fingerprint density at radius 3 is 2.33 bits per heavy atom. The minimum atomic E-state index is -0.587. The first kappa shape index (κ1) is 17.3. The van der Waals surface area contributed by atoms with Gasteiger partial charge in [0, 0.05) is 0 Å². The molecule has 0 aromatic heterocycles. The molecule has 0 radical (unpaired) electrons. The molecule has 1 aromatic rings. The summed E-state index contributed by atoms with van der Waals surface area (Å²) in [6.07, 6.45) is 5.10. The van der Waals surface area contributed by atoms with Crippen LogP contribution in [-0.2, 0) is 25.6 Å². The molecule has 24 heavy (non-hydrogen) atoms. The second-order valence-corrected chi connectivity index (χ2v) is 6.08. The molecule has 0 unspecified atom stereocenters. The molecule has 5 heteroatoms. The Labute approximate surface area is 142 Å². The Kier molecular flexibility index (Phi) is 5.81. The van der Waals surface area contributed by atoms with Crippen LogP contribution in [0, 0.1) is 0 Å².